The lowest BCUT2D eigenvalue weighted by atomic mass is 9.99. The fourth-order valence-corrected chi connectivity index (χ4v) is 2.81. The molecule has 1 aliphatic heterocycles. The Labute approximate surface area is 137 Å². The van der Waals surface area contributed by atoms with Crippen molar-refractivity contribution in [3.05, 3.63) is 65.6 Å². The van der Waals surface area contributed by atoms with E-state index in [0.717, 1.165) is 37.4 Å². The fourth-order valence-electron chi connectivity index (χ4n) is 2.81. The summed E-state index contributed by atoms with van der Waals surface area (Å²) in [5, 5.41) is 0. The first-order valence-corrected chi connectivity index (χ1v) is 7.91. The zero-order chi connectivity index (χ0) is 16.2. The van der Waals surface area contributed by atoms with Gasteiger partial charge in [0.2, 0.25) is 0 Å². The Balaban J connectivity index is 1.61. The number of aromatic nitrogens is 1. The molecule has 1 aliphatic rings. The molecule has 23 heavy (non-hydrogen) atoms. The molecule has 0 unspecified atom stereocenters. The number of hydrogen-bond acceptors (Lipinski definition) is 3. The molecule has 1 aromatic carbocycles. The lowest BCUT2D eigenvalue weighted by Crippen LogP contribution is -2.28. The van der Waals surface area contributed by atoms with Crippen LogP contribution in [0.1, 0.15) is 17.5 Å². The lowest BCUT2D eigenvalue weighted by molar-refractivity contribution is 0.293. The molecule has 2 heterocycles. The molecule has 120 valence electrons. The normalized spacial score (nSPS) is 15.3. The summed E-state index contributed by atoms with van der Waals surface area (Å²) in [7, 11) is 3.99. The average Bonchev–Trinajstić information content (AvgIpc) is 2.57. The van der Waals surface area contributed by atoms with Crippen LogP contribution >= 0.6 is 0 Å². The van der Waals surface area contributed by atoms with Gasteiger partial charge in [-0.25, -0.2) is 9.37 Å². The van der Waals surface area contributed by atoms with Crippen LogP contribution in [0, 0.1) is 5.82 Å². The molecule has 0 saturated carbocycles. The van der Waals surface area contributed by atoms with Gasteiger partial charge in [0.15, 0.2) is 0 Å². The number of nitrogens with zero attached hydrogens (tertiary/aromatic N) is 3. The molecule has 0 spiro atoms. The van der Waals surface area contributed by atoms with Crippen molar-refractivity contribution in [2.24, 2.45) is 0 Å². The predicted octanol–water partition coefficient (Wildman–Crippen LogP) is 3.58. The number of anilines is 1. The number of benzene rings is 1. The van der Waals surface area contributed by atoms with Gasteiger partial charge in [0.1, 0.15) is 11.6 Å². The zero-order valence-corrected chi connectivity index (χ0v) is 13.7. The second kappa shape index (κ2) is 6.92. The molecule has 0 bridgehead atoms. The summed E-state index contributed by atoms with van der Waals surface area (Å²) in [6, 6.07) is 11.0. The lowest BCUT2D eigenvalue weighted by Gasteiger charge is -2.26. The molecular formula is C19H22FN3. The second-order valence-corrected chi connectivity index (χ2v) is 6.14. The predicted molar refractivity (Wildman–Crippen MR) is 92.8 cm³/mol. The number of halogens is 1. The highest BCUT2D eigenvalue weighted by molar-refractivity contribution is 5.66. The van der Waals surface area contributed by atoms with E-state index in [2.05, 4.69) is 28.1 Å². The molecule has 0 N–H and O–H groups in total. The largest absolute Gasteiger partial charge is 0.363 e. The Hall–Kier alpha value is -2.20. The van der Waals surface area contributed by atoms with E-state index in [1.165, 1.54) is 23.3 Å². The van der Waals surface area contributed by atoms with E-state index in [4.69, 9.17) is 0 Å². The van der Waals surface area contributed by atoms with Crippen molar-refractivity contribution in [3.8, 4) is 0 Å². The number of hydrogen-bond donors (Lipinski definition) is 0. The van der Waals surface area contributed by atoms with Crippen LogP contribution in [-0.4, -0.2) is 37.1 Å². The molecular weight excluding hydrogens is 289 g/mol. The van der Waals surface area contributed by atoms with Gasteiger partial charge in [-0.2, -0.15) is 0 Å². The summed E-state index contributed by atoms with van der Waals surface area (Å²) in [6.07, 6.45) is 5.20. The third-order valence-electron chi connectivity index (χ3n) is 4.18. The third kappa shape index (κ3) is 3.96. The Morgan fingerprint density at radius 3 is 2.48 bits per heavy atom. The van der Waals surface area contributed by atoms with Crippen molar-refractivity contribution >= 4 is 11.4 Å². The smallest absolute Gasteiger partial charge is 0.127 e. The van der Waals surface area contributed by atoms with Crippen molar-refractivity contribution in [1.29, 1.82) is 0 Å². The molecule has 0 aliphatic carbocycles. The Morgan fingerprint density at radius 2 is 1.91 bits per heavy atom. The van der Waals surface area contributed by atoms with E-state index in [1.54, 1.807) is 0 Å². The van der Waals surface area contributed by atoms with E-state index in [0.29, 0.717) is 0 Å². The minimum absolute atomic E-state index is 0.180. The van der Waals surface area contributed by atoms with Crippen molar-refractivity contribution in [2.45, 2.75) is 13.0 Å². The van der Waals surface area contributed by atoms with Crippen molar-refractivity contribution in [3.63, 3.8) is 0 Å². The molecule has 0 atom stereocenters. The van der Waals surface area contributed by atoms with Gasteiger partial charge in [-0.15, -0.1) is 0 Å². The van der Waals surface area contributed by atoms with Gasteiger partial charge in [-0.3, -0.25) is 4.90 Å². The summed E-state index contributed by atoms with van der Waals surface area (Å²) in [4.78, 5) is 8.87. The molecule has 0 saturated heterocycles. The molecule has 1 aromatic heterocycles. The molecule has 0 fully saturated rings. The first kappa shape index (κ1) is 15.7. The van der Waals surface area contributed by atoms with Crippen LogP contribution in [0.25, 0.3) is 5.57 Å². The molecule has 4 heteroatoms. The number of pyridine rings is 1. The average molecular weight is 311 g/mol. The molecule has 0 radical (unpaired) electrons. The van der Waals surface area contributed by atoms with Crippen LogP contribution in [0.5, 0.6) is 0 Å². The quantitative estimate of drug-likeness (QED) is 0.860. The van der Waals surface area contributed by atoms with Crippen LogP contribution in [0.2, 0.25) is 0 Å². The SMILES string of the molecule is CN(C)c1ccc(CN2CC=C(c3ccc(F)cc3)CC2)cn1. The zero-order valence-electron chi connectivity index (χ0n) is 13.7. The maximum atomic E-state index is 13.0. The van der Waals surface area contributed by atoms with Crippen LogP contribution in [0.15, 0.2) is 48.7 Å². The molecule has 3 rings (SSSR count). The van der Waals surface area contributed by atoms with Crippen molar-refractivity contribution in [1.82, 2.24) is 9.88 Å². The Bertz CT molecular complexity index is 675. The highest BCUT2D eigenvalue weighted by atomic mass is 19.1. The minimum Gasteiger partial charge on any atom is -0.363 e. The highest BCUT2D eigenvalue weighted by Crippen LogP contribution is 2.23. The van der Waals surface area contributed by atoms with Gasteiger partial charge in [0.25, 0.3) is 0 Å². The maximum Gasteiger partial charge on any atom is 0.127 e. The summed E-state index contributed by atoms with van der Waals surface area (Å²) >= 11 is 0. The molecule has 2 aromatic rings. The summed E-state index contributed by atoms with van der Waals surface area (Å²) in [5.74, 6) is 0.798. The maximum absolute atomic E-state index is 13.0. The van der Waals surface area contributed by atoms with Gasteiger partial charge in [0, 0.05) is 39.9 Å². The molecule has 3 nitrogen and oxygen atoms in total. The van der Waals surface area contributed by atoms with E-state index in [9.17, 15) is 4.39 Å². The van der Waals surface area contributed by atoms with Gasteiger partial charge < -0.3 is 4.90 Å². The Morgan fingerprint density at radius 1 is 1.13 bits per heavy atom. The van der Waals surface area contributed by atoms with Crippen molar-refractivity contribution in [2.75, 3.05) is 32.1 Å². The fraction of sp³-hybridized carbons (Fsp3) is 0.316. The Kier molecular flexibility index (Phi) is 4.72. The summed E-state index contributed by atoms with van der Waals surface area (Å²) < 4.78 is 13.0. The van der Waals surface area contributed by atoms with Crippen LogP contribution < -0.4 is 4.90 Å². The third-order valence-corrected chi connectivity index (χ3v) is 4.18. The first-order chi connectivity index (χ1) is 11.1. The van der Waals surface area contributed by atoms with Gasteiger partial charge in [-0.05, 0) is 41.3 Å². The minimum atomic E-state index is -0.180. The van der Waals surface area contributed by atoms with Gasteiger partial charge >= 0.3 is 0 Å². The highest BCUT2D eigenvalue weighted by Gasteiger charge is 2.13. The van der Waals surface area contributed by atoms with E-state index >= 15 is 0 Å². The van der Waals surface area contributed by atoms with Gasteiger partial charge in [0.05, 0.1) is 0 Å². The van der Waals surface area contributed by atoms with E-state index in [-0.39, 0.29) is 5.82 Å². The van der Waals surface area contributed by atoms with Crippen LogP contribution in [0.3, 0.4) is 0 Å². The standard InChI is InChI=1S/C19H22FN3/c1-22(2)19-8-3-15(13-21-19)14-23-11-9-17(10-12-23)16-4-6-18(20)7-5-16/h3-9,13H,10-12,14H2,1-2H3. The first-order valence-electron chi connectivity index (χ1n) is 7.91. The van der Waals surface area contributed by atoms with Gasteiger partial charge in [-0.1, -0.05) is 24.3 Å². The topological polar surface area (TPSA) is 19.4 Å². The second-order valence-electron chi connectivity index (χ2n) is 6.14. The van der Waals surface area contributed by atoms with Crippen molar-refractivity contribution < 1.29 is 4.39 Å². The van der Waals surface area contributed by atoms with Crippen LogP contribution in [0.4, 0.5) is 10.2 Å². The number of rotatable bonds is 4. The van der Waals surface area contributed by atoms with Crippen LogP contribution in [-0.2, 0) is 6.54 Å². The van der Waals surface area contributed by atoms with E-state index in [1.807, 2.05) is 37.3 Å². The van der Waals surface area contributed by atoms with E-state index < -0.39 is 0 Å². The molecule has 0 amide bonds. The monoisotopic (exact) mass is 311 g/mol. The summed E-state index contributed by atoms with van der Waals surface area (Å²) in [5.41, 5.74) is 3.67. The summed E-state index contributed by atoms with van der Waals surface area (Å²) in [6.45, 7) is 2.84.